The molecule has 32 heavy (non-hydrogen) atoms. The highest BCUT2D eigenvalue weighted by Gasteiger charge is 2.88. The molecule has 7 heteroatoms. The van der Waals surface area contributed by atoms with Gasteiger partial charge in [-0.05, 0) is 82.0 Å². The monoisotopic (exact) mass is 450 g/mol. The molecule has 2 aliphatic heterocycles. The van der Waals surface area contributed by atoms with E-state index in [4.69, 9.17) is 18.9 Å². The molecule has 2 heterocycles. The Labute approximate surface area is 190 Å². The molecular weight excluding hydrogens is 412 g/mol. The van der Waals surface area contributed by atoms with Gasteiger partial charge in [0.25, 0.3) is 5.97 Å². The first-order valence-corrected chi connectivity index (χ1v) is 12.6. The van der Waals surface area contributed by atoms with Gasteiger partial charge in [0.1, 0.15) is 22.9 Å². The molecule has 6 aliphatic rings. The molecular formula is C25H38O7. The predicted octanol–water partition coefficient (Wildman–Crippen LogP) is 3.05. The fourth-order valence-electron chi connectivity index (χ4n) is 9.74. The molecule has 2 saturated heterocycles. The van der Waals surface area contributed by atoms with E-state index in [0.717, 1.165) is 44.9 Å². The molecule has 2 N–H and O–H groups in total. The Morgan fingerprint density at radius 2 is 1.84 bits per heavy atom. The number of hydrogen-bond acceptors (Lipinski definition) is 7. The number of fused-ring (bicyclic) bond motifs is 3. The third-order valence-corrected chi connectivity index (χ3v) is 11.1. The molecule has 2 unspecified atom stereocenters. The van der Waals surface area contributed by atoms with Crippen LogP contribution in [0.2, 0.25) is 0 Å². The van der Waals surface area contributed by atoms with Crippen molar-refractivity contribution < 1.29 is 34.0 Å². The lowest BCUT2D eigenvalue weighted by Crippen LogP contribution is -2.76. The Morgan fingerprint density at radius 1 is 1.06 bits per heavy atom. The highest BCUT2D eigenvalue weighted by molar-refractivity contribution is 5.66. The Kier molecular flexibility index (Phi) is 4.27. The van der Waals surface area contributed by atoms with Gasteiger partial charge in [0.05, 0.1) is 18.1 Å². The van der Waals surface area contributed by atoms with Gasteiger partial charge in [-0.1, -0.05) is 6.92 Å². The third-order valence-electron chi connectivity index (χ3n) is 11.1. The second-order valence-electron chi connectivity index (χ2n) is 12.1. The van der Waals surface area contributed by atoms with E-state index in [9.17, 15) is 15.0 Å². The molecule has 0 amide bonds. The zero-order chi connectivity index (χ0) is 22.8. The van der Waals surface area contributed by atoms with Gasteiger partial charge >= 0.3 is 5.97 Å². The molecule has 10 atom stereocenters. The zero-order valence-corrected chi connectivity index (χ0v) is 19.8. The Hall–Kier alpha value is -0.730. The number of aliphatic hydroxyl groups is 2. The number of ether oxygens (including phenoxy) is 4. The topological polar surface area (TPSA) is 94.5 Å². The lowest BCUT2D eigenvalue weighted by Gasteiger charge is -2.67. The zero-order valence-electron chi connectivity index (χ0n) is 19.8. The van der Waals surface area contributed by atoms with E-state index in [1.807, 2.05) is 6.92 Å². The molecule has 0 radical (unpaired) electrons. The lowest BCUT2D eigenvalue weighted by molar-refractivity contribution is -0.396. The van der Waals surface area contributed by atoms with Gasteiger partial charge < -0.3 is 29.2 Å². The first-order chi connectivity index (χ1) is 15.0. The van der Waals surface area contributed by atoms with Crippen molar-refractivity contribution in [3.8, 4) is 0 Å². The molecule has 6 rings (SSSR count). The minimum absolute atomic E-state index is 0.0673. The minimum Gasteiger partial charge on any atom is -0.460 e. The fourth-order valence-corrected chi connectivity index (χ4v) is 9.74. The lowest BCUT2D eigenvalue weighted by atomic mass is 9.40. The number of aliphatic hydroxyl groups excluding tert-OH is 1. The summed E-state index contributed by atoms with van der Waals surface area (Å²) < 4.78 is 25.6. The van der Waals surface area contributed by atoms with E-state index in [1.165, 1.54) is 6.92 Å². The summed E-state index contributed by atoms with van der Waals surface area (Å²) in [6.07, 6.45) is 6.52. The molecule has 0 aromatic carbocycles. The fraction of sp³-hybridized carbons (Fsp3) is 0.960. The predicted molar refractivity (Wildman–Crippen MR) is 113 cm³/mol. The first kappa shape index (κ1) is 21.8. The molecule has 2 spiro atoms. The molecule has 4 saturated carbocycles. The number of esters is 1. The van der Waals surface area contributed by atoms with Crippen LogP contribution in [0.3, 0.4) is 0 Å². The molecule has 6 fully saturated rings. The van der Waals surface area contributed by atoms with Gasteiger partial charge in [-0.15, -0.1) is 0 Å². The average molecular weight is 451 g/mol. The van der Waals surface area contributed by atoms with Crippen LogP contribution in [0.5, 0.6) is 0 Å². The number of carbonyl (C=O) groups excluding carboxylic acids is 1. The quantitative estimate of drug-likeness (QED) is 0.625. The van der Waals surface area contributed by atoms with Gasteiger partial charge in [0.2, 0.25) is 0 Å². The molecule has 7 nitrogen and oxygen atoms in total. The van der Waals surface area contributed by atoms with Crippen molar-refractivity contribution in [2.45, 2.75) is 120 Å². The van der Waals surface area contributed by atoms with Gasteiger partial charge in [0.15, 0.2) is 0 Å². The first-order valence-electron chi connectivity index (χ1n) is 12.6. The number of rotatable bonds is 2. The molecule has 0 aromatic heterocycles. The summed E-state index contributed by atoms with van der Waals surface area (Å²) in [6, 6.07) is 0. The van der Waals surface area contributed by atoms with E-state index in [0.29, 0.717) is 25.4 Å². The van der Waals surface area contributed by atoms with Crippen LogP contribution in [-0.2, 0) is 23.7 Å². The van der Waals surface area contributed by atoms with E-state index in [1.54, 1.807) is 6.92 Å². The number of hydrogen-bond donors (Lipinski definition) is 2. The van der Waals surface area contributed by atoms with Gasteiger partial charge in [-0.2, -0.15) is 0 Å². The maximum Gasteiger partial charge on any atom is 0.302 e. The van der Waals surface area contributed by atoms with Crippen LogP contribution >= 0.6 is 0 Å². The summed E-state index contributed by atoms with van der Waals surface area (Å²) in [5, 5.41) is 22.6. The normalized spacial score (nSPS) is 59.0. The second-order valence-corrected chi connectivity index (χ2v) is 12.1. The SMILES string of the molecule is CC(=O)OC(C)[C@]1(O)CC[C@@]23OC4(C)OC[C@]21CC[C@@H]1[C@@]2(C)CC[C@H](O)C[C@@H]2CC[C@]13O4. The smallest absolute Gasteiger partial charge is 0.302 e. The maximum absolute atomic E-state index is 12.2. The van der Waals surface area contributed by atoms with Crippen LogP contribution in [0.15, 0.2) is 0 Å². The van der Waals surface area contributed by atoms with Gasteiger partial charge in [-0.3, -0.25) is 4.79 Å². The van der Waals surface area contributed by atoms with Crippen LogP contribution in [0.4, 0.5) is 0 Å². The van der Waals surface area contributed by atoms with Crippen LogP contribution in [-0.4, -0.2) is 57.8 Å². The summed E-state index contributed by atoms with van der Waals surface area (Å²) in [7, 11) is 0. The molecule has 4 aliphatic carbocycles. The largest absolute Gasteiger partial charge is 0.460 e. The summed E-state index contributed by atoms with van der Waals surface area (Å²) in [6.45, 7) is 7.82. The molecule has 180 valence electrons. The van der Waals surface area contributed by atoms with Crippen LogP contribution < -0.4 is 0 Å². The highest BCUT2D eigenvalue weighted by atomic mass is 16.9. The van der Waals surface area contributed by atoms with Crippen molar-refractivity contribution >= 4 is 5.97 Å². The van der Waals surface area contributed by atoms with Crippen molar-refractivity contribution in [2.75, 3.05) is 6.61 Å². The van der Waals surface area contributed by atoms with Gasteiger partial charge in [0, 0.05) is 13.8 Å². The van der Waals surface area contributed by atoms with Crippen molar-refractivity contribution in [1.82, 2.24) is 0 Å². The van der Waals surface area contributed by atoms with Crippen LogP contribution in [0, 0.1) is 22.7 Å². The summed E-state index contributed by atoms with van der Waals surface area (Å²) >= 11 is 0. The van der Waals surface area contributed by atoms with Crippen molar-refractivity contribution in [3.63, 3.8) is 0 Å². The van der Waals surface area contributed by atoms with Gasteiger partial charge in [-0.25, -0.2) is 0 Å². The standard InChI is InChI=1S/C25H38O7/c1-15(30-16(2)26)23(28)11-12-25-22(23)9-7-19-20(3)8-6-18(27)13-17(20)5-10-24(19,25)31-21(4,32-25)29-14-22/h15,17-19,27-28H,5-14H2,1-4H3/t15?,17-,18-,19+,20-,21?,22-,23+,24-,25+/m0/s1. The molecule has 0 aromatic rings. The highest BCUT2D eigenvalue weighted by Crippen LogP contribution is 2.78. The van der Waals surface area contributed by atoms with E-state index in [-0.39, 0.29) is 23.4 Å². The van der Waals surface area contributed by atoms with Crippen LogP contribution in [0.25, 0.3) is 0 Å². The van der Waals surface area contributed by atoms with Crippen LogP contribution in [0.1, 0.15) is 85.5 Å². The van der Waals surface area contributed by atoms with Crippen molar-refractivity contribution in [2.24, 2.45) is 22.7 Å². The van der Waals surface area contributed by atoms with E-state index in [2.05, 4.69) is 6.92 Å². The third kappa shape index (κ3) is 2.24. The Balaban J connectivity index is 1.48. The Bertz CT molecular complexity index is 848. The second kappa shape index (κ2) is 6.28. The molecule has 2 bridgehead atoms. The van der Waals surface area contributed by atoms with Crippen molar-refractivity contribution in [3.05, 3.63) is 0 Å². The maximum atomic E-state index is 12.2. The summed E-state index contributed by atoms with van der Waals surface area (Å²) in [5.41, 5.74) is -3.05. The van der Waals surface area contributed by atoms with E-state index < -0.39 is 34.3 Å². The summed E-state index contributed by atoms with van der Waals surface area (Å²) in [5.74, 6) is -0.738. The minimum atomic E-state index is -1.23. The van der Waals surface area contributed by atoms with E-state index >= 15 is 0 Å². The van der Waals surface area contributed by atoms with Crippen molar-refractivity contribution in [1.29, 1.82) is 0 Å². The average Bonchev–Trinajstić information content (AvgIpc) is 3.14. The Morgan fingerprint density at radius 3 is 2.59 bits per heavy atom. The summed E-state index contributed by atoms with van der Waals surface area (Å²) in [4.78, 5) is 11.8. The number of carbonyl (C=O) groups is 1.